The van der Waals surface area contributed by atoms with E-state index in [1.807, 2.05) is 6.07 Å². The van der Waals surface area contributed by atoms with Crippen molar-refractivity contribution in [2.75, 3.05) is 5.32 Å². The van der Waals surface area contributed by atoms with Crippen LogP contribution in [0.5, 0.6) is 0 Å². The van der Waals surface area contributed by atoms with Crippen LogP contribution in [0.3, 0.4) is 0 Å². The minimum Gasteiger partial charge on any atom is -0.360 e. The number of anilines is 1. The number of rotatable bonds is 4. The SMILES string of the molecule is Cc1cn(-c2cc(NC=C(C#N)c3nn[nH]n3)cc(C(F)(F)F)c2)cn1. The van der Waals surface area contributed by atoms with Gasteiger partial charge in [0.15, 0.2) is 0 Å². The van der Waals surface area contributed by atoms with Gasteiger partial charge in [-0.2, -0.15) is 23.6 Å². The number of nitrogens with one attached hydrogen (secondary N) is 2. The number of halogens is 3. The molecule has 8 nitrogen and oxygen atoms in total. The average Bonchev–Trinajstić information content (AvgIpc) is 3.26. The lowest BCUT2D eigenvalue weighted by atomic mass is 10.1. The van der Waals surface area contributed by atoms with E-state index in [0.29, 0.717) is 5.69 Å². The molecular formula is C15H11F3N8. The molecule has 0 fully saturated rings. The van der Waals surface area contributed by atoms with Crippen LogP contribution in [0.4, 0.5) is 18.9 Å². The van der Waals surface area contributed by atoms with Gasteiger partial charge >= 0.3 is 6.18 Å². The van der Waals surface area contributed by atoms with Crippen LogP contribution in [0, 0.1) is 18.3 Å². The van der Waals surface area contributed by atoms with E-state index in [1.54, 1.807) is 13.1 Å². The molecule has 0 aliphatic rings. The highest BCUT2D eigenvalue weighted by molar-refractivity contribution is 5.74. The molecule has 3 aromatic rings. The number of H-pyrrole nitrogens is 1. The molecule has 0 atom stereocenters. The number of hydrogen-bond donors (Lipinski definition) is 2. The highest BCUT2D eigenvalue weighted by Crippen LogP contribution is 2.33. The Hall–Kier alpha value is -3.68. The summed E-state index contributed by atoms with van der Waals surface area (Å²) in [5.74, 6) is 0.0254. The maximum absolute atomic E-state index is 13.2. The normalized spacial score (nSPS) is 12.0. The van der Waals surface area contributed by atoms with Gasteiger partial charge in [-0.25, -0.2) is 4.98 Å². The van der Waals surface area contributed by atoms with Crippen molar-refractivity contribution in [2.24, 2.45) is 0 Å². The highest BCUT2D eigenvalue weighted by Gasteiger charge is 2.31. The van der Waals surface area contributed by atoms with Crippen molar-refractivity contribution in [1.29, 1.82) is 5.26 Å². The first-order valence-electron chi connectivity index (χ1n) is 7.20. The minimum absolute atomic E-state index is 0.0104. The van der Waals surface area contributed by atoms with Crippen LogP contribution in [-0.4, -0.2) is 30.2 Å². The second kappa shape index (κ2) is 6.67. The number of aromatic nitrogens is 6. The van der Waals surface area contributed by atoms with Crippen molar-refractivity contribution in [3.63, 3.8) is 0 Å². The number of nitrogens with zero attached hydrogens (tertiary/aromatic N) is 6. The molecule has 2 aromatic heterocycles. The summed E-state index contributed by atoms with van der Waals surface area (Å²) in [6, 6.07) is 5.30. The van der Waals surface area contributed by atoms with Crippen molar-refractivity contribution in [1.82, 2.24) is 30.2 Å². The number of alkyl halides is 3. The number of aryl methyl sites for hydroxylation is 1. The zero-order chi connectivity index (χ0) is 18.7. The molecule has 0 saturated heterocycles. The summed E-state index contributed by atoms with van der Waals surface area (Å²) < 4.78 is 41.1. The number of nitriles is 1. The molecule has 26 heavy (non-hydrogen) atoms. The maximum Gasteiger partial charge on any atom is 0.416 e. The predicted octanol–water partition coefficient (Wildman–Crippen LogP) is 2.69. The summed E-state index contributed by atoms with van der Waals surface area (Å²) in [6.07, 6.45) is -0.291. The maximum atomic E-state index is 13.2. The fraction of sp³-hybridized carbons (Fsp3) is 0.133. The molecule has 3 rings (SSSR count). The minimum atomic E-state index is -4.53. The first-order chi connectivity index (χ1) is 12.4. The van der Waals surface area contributed by atoms with E-state index in [9.17, 15) is 13.2 Å². The van der Waals surface area contributed by atoms with Gasteiger partial charge in [-0.3, -0.25) is 0 Å². The van der Waals surface area contributed by atoms with Crippen LogP contribution in [0.15, 0.2) is 36.9 Å². The Balaban J connectivity index is 1.99. The second-order valence-electron chi connectivity index (χ2n) is 5.24. The van der Waals surface area contributed by atoms with Gasteiger partial charge < -0.3 is 9.88 Å². The summed E-state index contributed by atoms with van der Waals surface area (Å²) in [5.41, 5.74) is 0.249. The third-order valence-electron chi connectivity index (χ3n) is 3.34. The topological polar surface area (TPSA) is 108 Å². The van der Waals surface area contributed by atoms with E-state index in [2.05, 4.69) is 30.9 Å². The predicted molar refractivity (Wildman–Crippen MR) is 84.7 cm³/mol. The van der Waals surface area contributed by atoms with Crippen LogP contribution in [0.25, 0.3) is 11.3 Å². The van der Waals surface area contributed by atoms with E-state index < -0.39 is 11.7 Å². The van der Waals surface area contributed by atoms with Gasteiger partial charge in [0.1, 0.15) is 11.6 Å². The van der Waals surface area contributed by atoms with Gasteiger partial charge in [0.2, 0.25) is 5.82 Å². The Labute approximate surface area is 145 Å². The van der Waals surface area contributed by atoms with Gasteiger partial charge in [0, 0.05) is 23.8 Å². The number of imidazole rings is 1. The van der Waals surface area contributed by atoms with Crippen molar-refractivity contribution in [2.45, 2.75) is 13.1 Å². The Bertz CT molecular complexity index is 979. The standard InChI is InChI=1S/C15H11F3N8/c1-9-7-26(8-21-9)13-3-11(15(16,17)18)2-12(4-13)20-6-10(5-19)14-22-24-25-23-14/h2-4,6-8,20H,1H3,(H,22,23,24,25). The highest BCUT2D eigenvalue weighted by atomic mass is 19.4. The van der Waals surface area contributed by atoms with Crippen molar-refractivity contribution in [3.8, 4) is 11.8 Å². The van der Waals surface area contributed by atoms with E-state index in [4.69, 9.17) is 5.26 Å². The van der Waals surface area contributed by atoms with Crippen molar-refractivity contribution < 1.29 is 13.2 Å². The van der Waals surface area contributed by atoms with E-state index in [1.165, 1.54) is 23.2 Å². The molecule has 1 aromatic carbocycles. The van der Waals surface area contributed by atoms with Gasteiger partial charge in [0.05, 0.1) is 17.6 Å². The fourth-order valence-corrected chi connectivity index (χ4v) is 2.15. The lowest BCUT2D eigenvalue weighted by Gasteiger charge is -2.13. The first kappa shape index (κ1) is 17.2. The van der Waals surface area contributed by atoms with Gasteiger partial charge in [-0.1, -0.05) is 0 Å². The zero-order valence-corrected chi connectivity index (χ0v) is 13.3. The quantitative estimate of drug-likeness (QED) is 0.693. The smallest absolute Gasteiger partial charge is 0.360 e. The van der Waals surface area contributed by atoms with Gasteiger partial charge in [-0.05, 0) is 30.3 Å². The summed E-state index contributed by atoms with van der Waals surface area (Å²) in [5, 5.41) is 24.6. The van der Waals surface area contributed by atoms with Crippen molar-refractivity contribution >= 4 is 11.3 Å². The zero-order valence-electron chi connectivity index (χ0n) is 13.3. The Morgan fingerprint density at radius 3 is 2.73 bits per heavy atom. The largest absolute Gasteiger partial charge is 0.416 e. The molecule has 0 aliphatic heterocycles. The molecule has 0 saturated carbocycles. The fourth-order valence-electron chi connectivity index (χ4n) is 2.15. The third kappa shape index (κ3) is 3.69. The van der Waals surface area contributed by atoms with E-state index >= 15 is 0 Å². The first-order valence-corrected chi connectivity index (χ1v) is 7.20. The lowest BCUT2D eigenvalue weighted by molar-refractivity contribution is -0.137. The number of aromatic amines is 1. The Kier molecular flexibility index (Phi) is 4.40. The Morgan fingerprint density at radius 1 is 1.35 bits per heavy atom. The molecule has 0 unspecified atom stereocenters. The molecule has 0 radical (unpaired) electrons. The van der Waals surface area contributed by atoms with Gasteiger partial charge in [0.25, 0.3) is 0 Å². The summed E-state index contributed by atoms with van der Waals surface area (Å²) >= 11 is 0. The molecule has 11 heteroatoms. The molecular weight excluding hydrogens is 349 g/mol. The summed E-state index contributed by atoms with van der Waals surface area (Å²) in [6.45, 7) is 1.73. The molecule has 0 spiro atoms. The summed E-state index contributed by atoms with van der Waals surface area (Å²) in [7, 11) is 0. The molecule has 2 N–H and O–H groups in total. The third-order valence-corrected chi connectivity index (χ3v) is 3.34. The van der Waals surface area contributed by atoms with Crippen LogP contribution < -0.4 is 5.32 Å². The van der Waals surface area contributed by atoms with E-state index in [-0.39, 0.29) is 22.8 Å². The lowest BCUT2D eigenvalue weighted by Crippen LogP contribution is -2.07. The average molecular weight is 360 g/mol. The summed E-state index contributed by atoms with van der Waals surface area (Å²) in [4.78, 5) is 4.02. The molecule has 2 heterocycles. The van der Waals surface area contributed by atoms with Crippen LogP contribution >= 0.6 is 0 Å². The Morgan fingerprint density at radius 2 is 2.15 bits per heavy atom. The van der Waals surface area contributed by atoms with Crippen LogP contribution in [-0.2, 0) is 6.18 Å². The number of benzene rings is 1. The number of hydrogen-bond acceptors (Lipinski definition) is 6. The van der Waals surface area contributed by atoms with Crippen LogP contribution in [0.1, 0.15) is 17.1 Å². The molecule has 132 valence electrons. The van der Waals surface area contributed by atoms with E-state index in [0.717, 1.165) is 12.1 Å². The van der Waals surface area contributed by atoms with Crippen molar-refractivity contribution in [3.05, 3.63) is 54.0 Å². The molecule has 0 aliphatic carbocycles. The molecule has 0 amide bonds. The van der Waals surface area contributed by atoms with Gasteiger partial charge in [-0.15, -0.1) is 10.2 Å². The molecule has 0 bridgehead atoms. The number of allylic oxidation sites excluding steroid dienone is 1. The monoisotopic (exact) mass is 360 g/mol. The second-order valence-corrected chi connectivity index (χ2v) is 5.24. The van der Waals surface area contributed by atoms with Crippen LogP contribution in [0.2, 0.25) is 0 Å². The number of tetrazole rings is 1.